The summed E-state index contributed by atoms with van der Waals surface area (Å²) in [6.45, 7) is 6.12. The maximum absolute atomic E-state index is 12.1. The van der Waals surface area contributed by atoms with Gasteiger partial charge in [-0.15, -0.1) is 11.8 Å². The number of alkyl halides is 2. The number of thioether (sulfide) groups is 1. The number of halogens is 2. The van der Waals surface area contributed by atoms with E-state index in [1.807, 2.05) is 30.7 Å². The molecule has 2 unspecified atom stereocenters. The second kappa shape index (κ2) is 7.94. The van der Waals surface area contributed by atoms with Crippen LogP contribution in [0, 0.1) is 25.2 Å². The largest absolute Gasteiger partial charge is 0.465 e. The average molecular weight is 474 g/mol. The molecule has 0 amide bonds. The summed E-state index contributed by atoms with van der Waals surface area (Å²) in [6.07, 6.45) is 3.94. The Labute approximate surface area is 162 Å². The van der Waals surface area contributed by atoms with Gasteiger partial charge in [0.25, 0.3) is 0 Å². The van der Waals surface area contributed by atoms with Gasteiger partial charge in [-0.25, -0.2) is 0 Å². The van der Waals surface area contributed by atoms with Crippen molar-refractivity contribution >= 4 is 55.1 Å². The van der Waals surface area contributed by atoms with Crippen LogP contribution in [-0.2, 0) is 9.53 Å². The van der Waals surface area contributed by atoms with Crippen molar-refractivity contribution in [2.24, 2.45) is 0 Å². The fourth-order valence-electron chi connectivity index (χ4n) is 2.81. The molecule has 2 atom stereocenters. The number of aromatic nitrogens is 1. The van der Waals surface area contributed by atoms with Crippen LogP contribution in [0.5, 0.6) is 0 Å². The lowest BCUT2D eigenvalue weighted by Crippen LogP contribution is -2.22. The summed E-state index contributed by atoms with van der Waals surface area (Å²) in [5, 5.41) is 9.67. The third-order valence-corrected chi connectivity index (χ3v) is 7.09. The maximum Gasteiger partial charge on any atom is 0.321 e. The zero-order valence-corrected chi connectivity index (χ0v) is 17.9. The molecule has 24 heavy (non-hydrogen) atoms. The number of esters is 1. The molecular weight excluding hydrogens is 456 g/mol. The Balaban J connectivity index is 2.73. The van der Waals surface area contributed by atoms with Crippen molar-refractivity contribution in [3.8, 4) is 6.07 Å². The van der Waals surface area contributed by atoms with Crippen molar-refractivity contribution in [1.82, 2.24) is 4.40 Å². The van der Waals surface area contributed by atoms with Crippen molar-refractivity contribution in [2.45, 2.75) is 35.3 Å². The Morgan fingerprint density at radius 1 is 1.46 bits per heavy atom. The van der Waals surface area contributed by atoms with E-state index < -0.39 is 4.83 Å². The van der Waals surface area contributed by atoms with Gasteiger partial charge in [0, 0.05) is 11.1 Å². The number of hydrogen-bond donors (Lipinski definition) is 0. The highest BCUT2D eigenvalue weighted by Gasteiger charge is 2.32. The number of carbonyl (C=O) groups is 1. The van der Waals surface area contributed by atoms with Crippen molar-refractivity contribution in [3.63, 3.8) is 0 Å². The summed E-state index contributed by atoms with van der Waals surface area (Å²) >= 11 is 8.58. The molecule has 0 aliphatic rings. The van der Waals surface area contributed by atoms with Crippen molar-refractivity contribution in [2.75, 3.05) is 12.9 Å². The number of nitriles is 1. The summed E-state index contributed by atoms with van der Waals surface area (Å²) in [5.41, 5.74) is 4.54. The number of fused-ring (bicyclic) bond motifs is 1. The highest BCUT2D eigenvalue weighted by atomic mass is 79.9. The molecule has 0 radical (unpaired) electrons. The molecule has 2 rings (SSSR count). The highest BCUT2D eigenvalue weighted by molar-refractivity contribution is 9.12. The van der Waals surface area contributed by atoms with Gasteiger partial charge >= 0.3 is 5.97 Å². The molecule has 2 aromatic rings. The fraction of sp³-hybridized carbons (Fsp3) is 0.412. The van der Waals surface area contributed by atoms with E-state index in [-0.39, 0.29) is 10.8 Å². The Morgan fingerprint density at radius 3 is 2.67 bits per heavy atom. The smallest absolute Gasteiger partial charge is 0.321 e. The van der Waals surface area contributed by atoms with Crippen molar-refractivity contribution < 1.29 is 9.53 Å². The van der Waals surface area contributed by atoms with Crippen molar-refractivity contribution in [3.05, 3.63) is 34.6 Å². The van der Waals surface area contributed by atoms with Gasteiger partial charge in [-0.3, -0.25) is 4.79 Å². The summed E-state index contributed by atoms with van der Waals surface area (Å²) in [5.74, 6) is -0.329. The second-order valence-electron chi connectivity index (χ2n) is 5.38. The predicted octanol–water partition coefficient (Wildman–Crippen LogP) is 4.91. The van der Waals surface area contributed by atoms with E-state index in [9.17, 15) is 10.1 Å². The highest BCUT2D eigenvalue weighted by Crippen LogP contribution is 2.42. The molecule has 0 saturated heterocycles. The normalized spacial score (nSPS) is 13.5. The number of nitrogens with zero attached hydrogens (tertiary/aromatic N) is 2. The monoisotopic (exact) mass is 472 g/mol. The molecule has 0 bridgehead atoms. The standard InChI is InChI=1S/C17H18Br2N2O2S/c1-5-23-17(22)13(19)12(18)15-16(24-4)11(7-20)14-10(3)6-9(2)8-21(14)15/h6,8,12-13H,5H2,1-4H3. The van der Waals surface area contributed by atoms with E-state index in [1.54, 1.807) is 6.92 Å². The first-order valence-electron chi connectivity index (χ1n) is 7.41. The van der Waals surface area contributed by atoms with Gasteiger partial charge in [-0.05, 0) is 38.2 Å². The molecule has 0 aliphatic heterocycles. The van der Waals surface area contributed by atoms with E-state index >= 15 is 0 Å². The van der Waals surface area contributed by atoms with Crippen LogP contribution in [0.2, 0.25) is 0 Å². The molecule has 2 heterocycles. The minimum Gasteiger partial charge on any atom is -0.465 e. The van der Waals surface area contributed by atoms with Crippen LogP contribution in [0.3, 0.4) is 0 Å². The first-order valence-corrected chi connectivity index (χ1v) is 10.5. The summed E-state index contributed by atoms with van der Waals surface area (Å²) in [4.78, 5) is 12.1. The van der Waals surface area contributed by atoms with Gasteiger partial charge in [0.2, 0.25) is 0 Å². The average Bonchev–Trinajstić information content (AvgIpc) is 2.86. The Bertz CT molecular complexity index is 826. The molecule has 0 aromatic carbocycles. The van der Waals surface area contributed by atoms with E-state index in [0.29, 0.717) is 12.2 Å². The second-order valence-corrected chi connectivity index (χ2v) is 8.17. The lowest BCUT2D eigenvalue weighted by Gasteiger charge is -2.18. The molecule has 0 saturated carbocycles. The van der Waals surface area contributed by atoms with Gasteiger partial charge < -0.3 is 9.14 Å². The zero-order valence-electron chi connectivity index (χ0n) is 13.9. The maximum atomic E-state index is 12.1. The lowest BCUT2D eigenvalue weighted by atomic mass is 10.1. The van der Waals surface area contributed by atoms with Crippen LogP contribution in [0.25, 0.3) is 5.52 Å². The Morgan fingerprint density at radius 2 is 2.12 bits per heavy atom. The topological polar surface area (TPSA) is 54.5 Å². The van der Waals surface area contributed by atoms with Crippen LogP contribution in [0.1, 0.15) is 34.1 Å². The van der Waals surface area contributed by atoms with Gasteiger partial charge in [0.15, 0.2) is 0 Å². The number of pyridine rings is 1. The minimum atomic E-state index is -0.547. The van der Waals surface area contributed by atoms with E-state index in [0.717, 1.165) is 27.2 Å². The SMILES string of the molecule is CCOC(=O)C(Br)C(Br)c1c(SC)c(C#N)c2c(C)cc(C)cn12. The summed E-state index contributed by atoms with van der Waals surface area (Å²) in [7, 11) is 0. The van der Waals surface area contributed by atoms with Crippen LogP contribution in [0.15, 0.2) is 17.2 Å². The number of hydrogen-bond acceptors (Lipinski definition) is 4. The molecule has 0 aliphatic carbocycles. The number of rotatable bonds is 5. The minimum absolute atomic E-state index is 0.324. The van der Waals surface area contributed by atoms with Gasteiger partial charge in [-0.2, -0.15) is 5.26 Å². The number of ether oxygens (including phenoxy) is 1. The first kappa shape index (κ1) is 19.4. The van der Waals surface area contributed by atoms with Gasteiger partial charge in [0.1, 0.15) is 10.9 Å². The molecule has 4 nitrogen and oxygen atoms in total. The summed E-state index contributed by atoms with van der Waals surface area (Å²) in [6, 6.07) is 4.38. The van der Waals surface area contributed by atoms with Crippen molar-refractivity contribution in [1.29, 1.82) is 5.26 Å². The molecule has 2 aromatic heterocycles. The Kier molecular flexibility index (Phi) is 6.40. The van der Waals surface area contributed by atoms with E-state index in [4.69, 9.17) is 4.74 Å². The van der Waals surface area contributed by atoms with E-state index in [2.05, 4.69) is 44.0 Å². The Hall–Kier alpha value is -0.970. The quantitative estimate of drug-likeness (QED) is 0.351. The zero-order chi connectivity index (χ0) is 18.0. The number of carbonyl (C=O) groups excluding carboxylic acids is 1. The van der Waals surface area contributed by atoms with Crippen LogP contribution < -0.4 is 0 Å². The molecule has 7 heteroatoms. The van der Waals surface area contributed by atoms with Gasteiger partial charge in [-0.1, -0.05) is 37.9 Å². The van der Waals surface area contributed by atoms with Crippen LogP contribution >= 0.6 is 43.6 Å². The van der Waals surface area contributed by atoms with Gasteiger partial charge in [0.05, 0.1) is 28.2 Å². The summed E-state index contributed by atoms with van der Waals surface area (Å²) < 4.78 is 7.13. The fourth-order valence-corrected chi connectivity index (χ4v) is 4.79. The molecule has 0 N–H and O–H groups in total. The lowest BCUT2D eigenvalue weighted by molar-refractivity contribution is -0.142. The molecule has 0 spiro atoms. The molecular formula is C17H18Br2N2O2S. The first-order chi connectivity index (χ1) is 11.4. The number of aryl methyl sites for hydroxylation is 2. The van der Waals surface area contributed by atoms with Crippen LogP contribution in [0.4, 0.5) is 0 Å². The molecule has 0 fully saturated rings. The van der Waals surface area contributed by atoms with Crippen LogP contribution in [-0.4, -0.2) is 28.1 Å². The molecule has 128 valence electrons. The third-order valence-electron chi connectivity index (χ3n) is 3.69. The third kappa shape index (κ3) is 3.37. The predicted molar refractivity (Wildman–Crippen MR) is 104 cm³/mol. The van der Waals surface area contributed by atoms with E-state index in [1.165, 1.54) is 11.8 Å².